The molecule has 1 aromatic rings. The molecule has 1 unspecified atom stereocenters. The van der Waals surface area contributed by atoms with Crippen LogP contribution in [0.4, 0.5) is 0 Å². The Morgan fingerprint density at radius 1 is 1.12 bits per heavy atom. The van der Waals surface area contributed by atoms with E-state index < -0.39 is 0 Å². The third kappa shape index (κ3) is 4.33. The number of hydrogen-bond donors (Lipinski definition) is 2. The minimum Gasteiger partial charge on any atom is -0.387 e. The van der Waals surface area contributed by atoms with Gasteiger partial charge in [0.15, 0.2) is 0 Å². The van der Waals surface area contributed by atoms with Gasteiger partial charge in [-0.3, -0.25) is 0 Å². The number of rotatable bonds is 7. The van der Waals surface area contributed by atoms with E-state index in [4.69, 9.17) is 0 Å². The van der Waals surface area contributed by atoms with Crippen LogP contribution in [0.15, 0.2) is 24.3 Å². The molecule has 0 aliphatic rings. The molecule has 0 radical (unpaired) electrons. The molecule has 0 saturated heterocycles. The van der Waals surface area contributed by atoms with Gasteiger partial charge in [-0.1, -0.05) is 44.5 Å². The lowest BCUT2D eigenvalue weighted by atomic mass is 10.0. The maximum absolute atomic E-state index is 9.91. The molecule has 0 aliphatic heterocycles. The van der Waals surface area contributed by atoms with Crippen LogP contribution in [0.25, 0.3) is 0 Å². The molecular weight excluding hydrogens is 198 g/mol. The minimum atomic E-state index is -0.387. The van der Waals surface area contributed by atoms with Crippen LogP contribution in [0.2, 0.25) is 0 Å². The van der Waals surface area contributed by atoms with Gasteiger partial charge in [-0.2, -0.15) is 0 Å². The third-order valence-corrected chi connectivity index (χ3v) is 2.67. The number of benzene rings is 1. The zero-order valence-electron chi connectivity index (χ0n) is 10.4. The van der Waals surface area contributed by atoms with Gasteiger partial charge in [0.25, 0.3) is 0 Å². The maximum Gasteiger partial charge on any atom is 0.0914 e. The average molecular weight is 221 g/mol. The van der Waals surface area contributed by atoms with Crippen LogP contribution in [-0.4, -0.2) is 18.2 Å². The highest BCUT2D eigenvalue weighted by Gasteiger charge is 2.05. The van der Waals surface area contributed by atoms with Crippen LogP contribution in [-0.2, 0) is 6.42 Å². The molecule has 2 nitrogen and oxygen atoms in total. The smallest absolute Gasteiger partial charge is 0.0914 e. The molecule has 0 fully saturated rings. The van der Waals surface area contributed by atoms with Crippen molar-refractivity contribution in [3.05, 3.63) is 35.4 Å². The Morgan fingerprint density at radius 2 is 1.81 bits per heavy atom. The molecule has 16 heavy (non-hydrogen) atoms. The summed E-state index contributed by atoms with van der Waals surface area (Å²) in [6, 6.07) is 8.29. The first-order valence-corrected chi connectivity index (χ1v) is 6.25. The number of nitrogens with one attached hydrogen (secondary N) is 1. The van der Waals surface area contributed by atoms with Gasteiger partial charge in [-0.05, 0) is 30.5 Å². The number of aliphatic hydroxyl groups excluding tert-OH is 1. The molecule has 0 bridgehead atoms. The van der Waals surface area contributed by atoms with Crippen LogP contribution in [0, 0.1) is 0 Å². The molecule has 2 N–H and O–H groups in total. The molecule has 1 rings (SSSR count). The highest BCUT2D eigenvalue weighted by atomic mass is 16.3. The van der Waals surface area contributed by atoms with E-state index >= 15 is 0 Å². The van der Waals surface area contributed by atoms with E-state index in [1.165, 1.54) is 12.0 Å². The van der Waals surface area contributed by atoms with E-state index in [0.717, 1.165) is 24.9 Å². The van der Waals surface area contributed by atoms with Gasteiger partial charge in [-0.25, -0.2) is 0 Å². The minimum absolute atomic E-state index is 0.387. The number of hydrogen-bond acceptors (Lipinski definition) is 2. The van der Waals surface area contributed by atoms with E-state index in [1.807, 2.05) is 12.1 Å². The van der Waals surface area contributed by atoms with Crippen molar-refractivity contribution < 1.29 is 5.11 Å². The van der Waals surface area contributed by atoms with Crippen LogP contribution in [0.3, 0.4) is 0 Å². The van der Waals surface area contributed by atoms with E-state index in [-0.39, 0.29) is 6.10 Å². The van der Waals surface area contributed by atoms with Gasteiger partial charge in [0.05, 0.1) is 6.10 Å². The quantitative estimate of drug-likeness (QED) is 0.694. The Labute approximate surface area is 98.7 Å². The van der Waals surface area contributed by atoms with Crippen molar-refractivity contribution >= 4 is 0 Å². The van der Waals surface area contributed by atoms with Crippen LogP contribution >= 0.6 is 0 Å². The Kier molecular flexibility index (Phi) is 6.12. The molecule has 0 aromatic heterocycles. The lowest BCUT2D eigenvalue weighted by Gasteiger charge is -2.12. The predicted molar refractivity (Wildman–Crippen MR) is 68.6 cm³/mol. The second-order valence-electron chi connectivity index (χ2n) is 4.21. The first kappa shape index (κ1) is 13.2. The Hall–Kier alpha value is -0.860. The predicted octanol–water partition coefficient (Wildman–Crippen LogP) is 2.67. The number of aryl methyl sites for hydroxylation is 1. The monoisotopic (exact) mass is 221 g/mol. The lowest BCUT2D eigenvalue weighted by molar-refractivity contribution is 0.175. The largest absolute Gasteiger partial charge is 0.387 e. The second-order valence-corrected chi connectivity index (χ2v) is 4.21. The molecule has 0 aliphatic carbocycles. The summed E-state index contributed by atoms with van der Waals surface area (Å²) < 4.78 is 0. The van der Waals surface area contributed by atoms with E-state index in [2.05, 4.69) is 31.3 Å². The average Bonchev–Trinajstić information content (AvgIpc) is 2.30. The van der Waals surface area contributed by atoms with Gasteiger partial charge < -0.3 is 10.4 Å². The normalized spacial score (nSPS) is 12.7. The van der Waals surface area contributed by atoms with Gasteiger partial charge >= 0.3 is 0 Å². The highest BCUT2D eigenvalue weighted by Crippen LogP contribution is 2.13. The standard InChI is InChI=1S/C14H23NO/c1-3-5-12-6-8-13(9-7-12)14(16)11-15-10-4-2/h6-9,14-16H,3-5,10-11H2,1-2H3. The second kappa shape index (κ2) is 7.42. The Morgan fingerprint density at radius 3 is 2.38 bits per heavy atom. The van der Waals surface area contributed by atoms with Crippen molar-refractivity contribution in [3.8, 4) is 0 Å². The first-order valence-electron chi connectivity index (χ1n) is 6.25. The van der Waals surface area contributed by atoms with Crippen molar-refractivity contribution in [2.45, 2.75) is 39.2 Å². The fourth-order valence-electron chi connectivity index (χ4n) is 1.73. The van der Waals surface area contributed by atoms with Crippen molar-refractivity contribution in [2.75, 3.05) is 13.1 Å². The topological polar surface area (TPSA) is 32.3 Å². The van der Waals surface area contributed by atoms with E-state index in [0.29, 0.717) is 6.54 Å². The van der Waals surface area contributed by atoms with Crippen molar-refractivity contribution in [3.63, 3.8) is 0 Å². The van der Waals surface area contributed by atoms with Gasteiger partial charge in [0, 0.05) is 6.54 Å². The Balaban J connectivity index is 2.46. The molecule has 0 heterocycles. The van der Waals surface area contributed by atoms with Crippen molar-refractivity contribution in [2.24, 2.45) is 0 Å². The van der Waals surface area contributed by atoms with E-state index in [9.17, 15) is 5.11 Å². The number of aliphatic hydroxyl groups is 1. The summed E-state index contributed by atoms with van der Waals surface area (Å²) in [6.07, 6.45) is 2.99. The van der Waals surface area contributed by atoms with Gasteiger partial charge in [0.2, 0.25) is 0 Å². The molecule has 2 heteroatoms. The third-order valence-electron chi connectivity index (χ3n) is 2.67. The zero-order chi connectivity index (χ0) is 11.8. The van der Waals surface area contributed by atoms with Crippen LogP contribution in [0.1, 0.15) is 43.9 Å². The molecule has 1 aromatic carbocycles. The van der Waals surface area contributed by atoms with Crippen LogP contribution in [0.5, 0.6) is 0 Å². The highest BCUT2D eigenvalue weighted by molar-refractivity contribution is 5.24. The summed E-state index contributed by atoms with van der Waals surface area (Å²) in [5, 5.41) is 13.1. The van der Waals surface area contributed by atoms with E-state index in [1.54, 1.807) is 0 Å². The molecule has 1 atom stereocenters. The molecule has 0 spiro atoms. The zero-order valence-corrected chi connectivity index (χ0v) is 10.4. The summed E-state index contributed by atoms with van der Waals surface area (Å²) in [5.74, 6) is 0. The summed E-state index contributed by atoms with van der Waals surface area (Å²) in [7, 11) is 0. The molecule has 0 amide bonds. The summed E-state index contributed by atoms with van der Waals surface area (Å²) in [4.78, 5) is 0. The van der Waals surface area contributed by atoms with Crippen LogP contribution < -0.4 is 5.32 Å². The van der Waals surface area contributed by atoms with Crippen molar-refractivity contribution in [1.29, 1.82) is 0 Å². The summed E-state index contributed by atoms with van der Waals surface area (Å²) in [5.41, 5.74) is 2.35. The molecule has 0 saturated carbocycles. The molecule has 90 valence electrons. The lowest BCUT2D eigenvalue weighted by Crippen LogP contribution is -2.22. The van der Waals surface area contributed by atoms with Crippen molar-refractivity contribution in [1.82, 2.24) is 5.32 Å². The Bertz CT molecular complexity index is 281. The first-order chi connectivity index (χ1) is 7.77. The fraction of sp³-hybridized carbons (Fsp3) is 0.571. The summed E-state index contributed by atoms with van der Waals surface area (Å²) >= 11 is 0. The van der Waals surface area contributed by atoms with Gasteiger partial charge in [-0.15, -0.1) is 0 Å². The SMILES string of the molecule is CCCNCC(O)c1ccc(CCC)cc1. The molecular formula is C14H23NO. The maximum atomic E-state index is 9.91. The fourth-order valence-corrected chi connectivity index (χ4v) is 1.73. The summed E-state index contributed by atoms with van der Waals surface area (Å²) in [6.45, 7) is 5.91. The van der Waals surface area contributed by atoms with Gasteiger partial charge in [0.1, 0.15) is 0 Å².